The second kappa shape index (κ2) is 12.3. The Bertz CT molecular complexity index is 3380. The van der Waals surface area contributed by atoms with Crippen LogP contribution in [0, 0.1) is 13.8 Å². The summed E-state index contributed by atoms with van der Waals surface area (Å²) >= 11 is 0. The largest absolute Gasteiger partial charge is 0.450 e. The zero-order valence-electron chi connectivity index (χ0n) is 37.1. The van der Waals surface area contributed by atoms with Crippen molar-refractivity contribution in [2.24, 2.45) is 0 Å². The maximum absolute atomic E-state index is 6.83. The van der Waals surface area contributed by atoms with E-state index in [0.717, 1.165) is 35.1 Å². The van der Waals surface area contributed by atoms with Crippen LogP contribution in [0.2, 0.25) is 0 Å². The van der Waals surface area contributed by atoms with E-state index in [-0.39, 0.29) is 17.7 Å². The molecule has 5 aliphatic heterocycles. The van der Waals surface area contributed by atoms with Crippen LogP contribution in [0.5, 0.6) is 23.0 Å². The topological polar surface area (TPSA) is 24.9 Å². The van der Waals surface area contributed by atoms with Crippen molar-refractivity contribution in [2.75, 3.05) is 9.71 Å². The average Bonchev–Trinajstić information content (AvgIpc) is 3.59. The smallest absolute Gasteiger partial charge is 0.333 e. The molecule has 0 saturated heterocycles. The third-order valence-corrected chi connectivity index (χ3v) is 20.8. The predicted molar refractivity (Wildman–Crippen MR) is 268 cm³/mol. The second-order valence-electron chi connectivity index (χ2n) is 20.4. The van der Waals surface area contributed by atoms with Gasteiger partial charge in [-0.3, -0.25) is 0 Å². The van der Waals surface area contributed by atoms with Crippen LogP contribution in [0.25, 0.3) is 22.3 Å². The lowest BCUT2D eigenvalue weighted by Gasteiger charge is -2.52. The van der Waals surface area contributed by atoms with Crippen LogP contribution < -0.4 is 50.9 Å². The Labute approximate surface area is 376 Å². The average molecular weight is 843 g/mol. The molecule has 14 rings (SSSR count). The minimum Gasteiger partial charge on any atom is -0.450 e. The van der Waals surface area contributed by atoms with Crippen LogP contribution in [0.15, 0.2) is 152 Å². The quantitative estimate of drug-likeness (QED) is 0.154. The molecule has 0 atom stereocenters. The molecule has 0 amide bonds. The fourth-order valence-corrected chi connectivity index (χ4v) is 18.5. The fourth-order valence-electron chi connectivity index (χ4n) is 12.9. The molecule has 0 fully saturated rings. The Morgan fingerprint density at radius 1 is 0.484 bits per heavy atom. The molecule has 1 spiro atoms. The molecular formula is C58H47BN2O2Si. The maximum Gasteiger partial charge on any atom is 0.333 e. The van der Waals surface area contributed by atoms with Gasteiger partial charge in [0.15, 0.2) is 31.1 Å². The van der Waals surface area contributed by atoms with Crippen LogP contribution in [0.4, 0.5) is 28.4 Å². The van der Waals surface area contributed by atoms with Gasteiger partial charge in [-0.15, -0.1) is 0 Å². The maximum atomic E-state index is 6.83. The number of para-hydroxylation sites is 4. The summed E-state index contributed by atoms with van der Waals surface area (Å²) < 4.78 is 13.6. The zero-order chi connectivity index (χ0) is 43.0. The monoisotopic (exact) mass is 842 g/mol. The molecule has 1 aliphatic carbocycles. The van der Waals surface area contributed by atoms with E-state index in [1.54, 1.807) is 0 Å². The van der Waals surface area contributed by atoms with Gasteiger partial charge >= 0.3 is 6.85 Å². The number of ether oxygens (including phenoxy) is 2. The first-order valence-corrected chi connectivity index (χ1v) is 25.0. The van der Waals surface area contributed by atoms with E-state index in [0.29, 0.717) is 0 Å². The number of anilines is 5. The van der Waals surface area contributed by atoms with Gasteiger partial charge in [0.05, 0.1) is 0 Å². The number of benzene rings is 8. The summed E-state index contributed by atoms with van der Waals surface area (Å²) in [5, 5.41) is 5.87. The highest BCUT2D eigenvalue weighted by Crippen LogP contribution is 2.55. The Kier molecular flexibility index (Phi) is 7.04. The van der Waals surface area contributed by atoms with Gasteiger partial charge in [-0.05, 0) is 145 Å². The molecule has 8 aromatic rings. The summed E-state index contributed by atoms with van der Waals surface area (Å²) in [6.45, 7) is 14.2. The second-order valence-corrected chi connectivity index (χ2v) is 24.0. The van der Waals surface area contributed by atoms with Crippen LogP contribution in [-0.4, -0.2) is 14.9 Å². The molecule has 8 aromatic carbocycles. The van der Waals surface area contributed by atoms with Crippen molar-refractivity contribution in [1.29, 1.82) is 0 Å². The third-order valence-electron chi connectivity index (χ3n) is 15.9. The first kappa shape index (κ1) is 36.7. The molecule has 0 aromatic heterocycles. The molecule has 64 heavy (non-hydrogen) atoms. The third kappa shape index (κ3) is 4.49. The van der Waals surface area contributed by atoms with Gasteiger partial charge in [0.2, 0.25) is 0 Å². The first-order chi connectivity index (χ1) is 31.0. The minimum absolute atomic E-state index is 0.0428. The SMILES string of the molecule is Cc1cc2c3c(c1)N(c1cc4c(cc1C)C(C)(C)CCC4(C)C)c1cc4c(cc1B3N1c3ccccc3[Si]3(c5ccccc5-c5ccccc53)c3cccc-2c31)Oc1ccccc1O4. The highest BCUT2D eigenvalue weighted by Gasteiger charge is 2.58. The van der Waals surface area contributed by atoms with Crippen LogP contribution >= 0.6 is 0 Å². The minimum atomic E-state index is -2.80. The van der Waals surface area contributed by atoms with Gasteiger partial charge in [0.1, 0.15) is 0 Å². The van der Waals surface area contributed by atoms with Gasteiger partial charge in [-0.25, -0.2) is 0 Å². The number of nitrogens with zero attached hydrogens (tertiary/aromatic N) is 2. The lowest BCUT2D eigenvalue weighted by atomic mass is 9.43. The Morgan fingerprint density at radius 2 is 1.06 bits per heavy atom. The van der Waals surface area contributed by atoms with Crippen molar-refractivity contribution in [1.82, 2.24) is 0 Å². The molecule has 0 N–H and O–H groups in total. The standard InChI is InChI=1S/C58H47BN2O2Si/c1-34-28-39-38-18-15-25-54-56(38)61(43-19-9-14-24-53(43)64(54)51-22-12-7-16-36(51)37-17-8-13-23-52(37)64)59-42-32-49-50(63-48-21-11-10-20-47(48)62-49)33-45(42)60(46(29-34)55(39)59)44-31-41-40(30-35(44)2)57(3,4)26-27-58(41,5)6/h7-25,28-33H,26-27H2,1-6H3. The van der Waals surface area contributed by atoms with E-state index in [9.17, 15) is 0 Å². The van der Waals surface area contributed by atoms with Crippen LogP contribution in [-0.2, 0) is 10.8 Å². The number of hydrogen-bond donors (Lipinski definition) is 0. The van der Waals surface area contributed by atoms with Gasteiger partial charge in [0, 0.05) is 40.1 Å². The van der Waals surface area contributed by atoms with Gasteiger partial charge in [-0.1, -0.05) is 137 Å². The molecule has 308 valence electrons. The number of fused-ring (bicyclic) bond motifs is 16. The van der Waals surface area contributed by atoms with Crippen molar-refractivity contribution in [2.45, 2.75) is 65.2 Å². The predicted octanol–water partition coefficient (Wildman–Crippen LogP) is 10.9. The summed E-state index contributed by atoms with van der Waals surface area (Å²) in [6.07, 6.45) is 2.33. The van der Waals surface area contributed by atoms with E-state index >= 15 is 0 Å². The van der Waals surface area contributed by atoms with Crippen molar-refractivity contribution in [3.8, 4) is 45.3 Å². The van der Waals surface area contributed by atoms with E-state index in [1.807, 2.05) is 24.3 Å². The summed E-state index contributed by atoms with van der Waals surface area (Å²) in [4.78, 5) is 5.31. The molecule has 0 unspecified atom stereocenters. The molecular weight excluding hydrogens is 796 g/mol. The molecule has 4 nitrogen and oxygen atoms in total. The first-order valence-electron chi connectivity index (χ1n) is 23.0. The van der Waals surface area contributed by atoms with E-state index in [4.69, 9.17) is 9.47 Å². The Hall–Kier alpha value is -6.76. The molecule has 6 heteroatoms. The van der Waals surface area contributed by atoms with Crippen molar-refractivity contribution >= 4 is 75.0 Å². The van der Waals surface area contributed by atoms with E-state index < -0.39 is 8.07 Å². The fraction of sp³-hybridized carbons (Fsp3) is 0.172. The van der Waals surface area contributed by atoms with Crippen LogP contribution in [0.3, 0.4) is 0 Å². The van der Waals surface area contributed by atoms with Gasteiger partial charge in [0.25, 0.3) is 0 Å². The summed E-state index contributed by atoms with van der Waals surface area (Å²) in [5.41, 5.74) is 19.7. The zero-order valence-corrected chi connectivity index (χ0v) is 38.1. The molecule has 5 heterocycles. The Balaban J connectivity index is 1.11. The summed E-state index contributed by atoms with van der Waals surface area (Å²) in [5.74, 6) is 2.95. The highest BCUT2D eigenvalue weighted by molar-refractivity contribution is 7.24. The van der Waals surface area contributed by atoms with Crippen LogP contribution in [0.1, 0.15) is 62.8 Å². The number of rotatable bonds is 1. The highest BCUT2D eigenvalue weighted by atomic mass is 28.3. The lowest BCUT2D eigenvalue weighted by molar-refractivity contribution is 0.332. The summed E-state index contributed by atoms with van der Waals surface area (Å²) in [7, 11) is -2.80. The van der Waals surface area contributed by atoms with Crippen molar-refractivity contribution in [3.63, 3.8) is 0 Å². The lowest BCUT2D eigenvalue weighted by Crippen LogP contribution is -2.78. The molecule has 6 aliphatic rings. The molecule has 0 bridgehead atoms. The van der Waals surface area contributed by atoms with Crippen molar-refractivity contribution < 1.29 is 9.47 Å². The Morgan fingerprint density at radius 3 is 1.77 bits per heavy atom. The van der Waals surface area contributed by atoms with Crippen molar-refractivity contribution in [3.05, 3.63) is 174 Å². The molecule has 0 saturated carbocycles. The molecule has 0 radical (unpaired) electrons. The van der Waals surface area contributed by atoms with E-state index in [2.05, 4.69) is 179 Å². The van der Waals surface area contributed by atoms with Gasteiger partial charge in [-0.2, -0.15) is 0 Å². The normalized spacial score (nSPS) is 17.3. The number of hydrogen-bond acceptors (Lipinski definition) is 4. The van der Waals surface area contributed by atoms with E-state index in [1.165, 1.54) is 105 Å². The van der Waals surface area contributed by atoms with Gasteiger partial charge < -0.3 is 19.2 Å². The summed E-state index contributed by atoms with van der Waals surface area (Å²) in [6, 6.07) is 57.7. The number of aryl methyl sites for hydroxylation is 2.